The molecule has 0 atom stereocenters. The zero-order valence-electron chi connectivity index (χ0n) is 15.3. The third-order valence-corrected chi connectivity index (χ3v) is 5.26. The van der Waals surface area contributed by atoms with Crippen LogP contribution in [0.4, 0.5) is 16.2 Å². The molecule has 0 aromatic heterocycles. The Bertz CT molecular complexity index is 784. The van der Waals surface area contributed by atoms with Crippen LogP contribution in [0.2, 0.25) is 0 Å². The second kappa shape index (κ2) is 7.38. The fourth-order valence-electron chi connectivity index (χ4n) is 3.80. The third-order valence-electron chi connectivity index (χ3n) is 5.26. The monoisotopic (exact) mass is 350 g/mol. The van der Waals surface area contributed by atoms with Gasteiger partial charge in [0.1, 0.15) is 0 Å². The minimum atomic E-state index is -0.0131. The van der Waals surface area contributed by atoms with E-state index in [9.17, 15) is 4.79 Å². The largest absolute Gasteiger partial charge is 0.369 e. The molecule has 5 heteroatoms. The van der Waals surface area contributed by atoms with Crippen LogP contribution in [-0.4, -0.2) is 32.2 Å². The summed E-state index contributed by atoms with van der Waals surface area (Å²) in [6.45, 7) is 7.39. The van der Waals surface area contributed by atoms with E-state index >= 15 is 0 Å². The number of urea groups is 1. The third kappa shape index (κ3) is 3.27. The molecule has 2 amide bonds. The molecule has 4 rings (SSSR count). The predicted octanol–water partition coefficient (Wildman–Crippen LogP) is 2.89. The molecular weight excluding hydrogens is 324 g/mol. The Morgan fingerprint density at radius 2 is 1.73 bits per heavy atom. The molecule has 0 aliphatic carbocycles. The smallest absolute Gasteiger partial charge is 0.322 e. The van der Waals surface area contributed by atoms with Crippen LogP contribution in [0.3, 0.4) is 0 Å². The van der Waals surface area contributed by atoms with Gasteiger partial charge in [-0.1, -0.05) is 37.3 Å². The van der Waals surface area contributed by atoms with Crippen molar-refractivity contribution in [2.24, 2.45) is 0 Å². The highest BCUT2D eigenvalue weighted by Gasteiger charge is 2.28. The van der Waals surface area contributed by atoms with Crippen molar-refractivity contribution in [2.75, 3.05) is 36.0 Å². The van der Waals surface area contributed by atoms with Gasteiger partial charge in [0.2, 0.25) is 0 Å². The predicted molar refractivity (Wildman–Crippen MR) is 106 cm³/mol. The van der Waals surface area contributed by atoms with Gasteiger partial charge < -0.3 is 15.5 Å². The lowest BCUT2D eigenvalue weighted by Gasteiger charge is -2.37. The number of piperazine rings is 1. The molecule has 26 heavy (non-hydrogen) atoms. The molecule has 5 nitrogen and oxygen atoms in total. The van der Waals surface area contributed by atoms with Gasteiger partial charge in [0.15, 0.2) is 0 Å². The summed E-state index contributed by atoms with van der Waals surface area (Å²) in [5, 5.41) is 6.49. The van der Waals surface area contributed by atoms with Gasteiger partial charge in [-0.15, -0.1) is 0 Å². The lowest BCUT2D eigenvalue weighted by Crippen LogP contribution is -2.47. The number of rotatable bonds is 4. The highest BCUT2D eigenvalue weighted by atomic mass is 16.2. The first-order valence-corrected chi connectivity index (χ1v) is 9.47. The van der Waals surface area contributed by atoms with E-state index in [1.807, 2.05) is 23.1 Å². The molecule has 2 aromatic carbocycles. The lowest BCUT2D eigenvalue weighted by atomic mass is 10.00. The summed E-state index contributed by atoms with van der Waals surface area (Å²) in [5.41, 5.74) is 6.00. The van der Waals surface area contributed by atoms with E-state index < -0.39 is 0 Å². The zero-order chi connectivity index (χ0) is 17.9. The van der Waals surface area contributed by atoms with Gasteiger partial charge in [-0.3, -0.25) is 4.90 Å². The Kier molecular flexibility index (Phi) is 4.80. The van der Waals surface area contributed by atoms with Crippen molar-refractivity contribution in [1.82, 2.24) is 10.6 Å². The Labute approximate surface area is 155 Å². The number of aryl methyl sites for hydroxylation is 1. The van der Waals surface area contributed by atoms with Gasteiger partial charge in [-0.05, 0) is 29.7 Å². The molecule has 2 aliphatic rings. The van der Waals surface area contributed by atoms with E-state index in [2.05, 4.69) is 46.7 Å². The molecule has 0 spiro atoms. The van der Waals surface area contributed by atoms with Crippen LogP contribution in [0.15, 0.2) is 42.5 Å². The number of nitrogens with one attached hydrogen (secondary N) is 2. The average molecular weight is 350 g/mol. The molecule has 136 valence electrons. The van der Waals surface area contributed by atoms with Crippen molar-refractivity contribution in [3.63, 3.8) is 0 Å². The quantitative estimate of drug-likeness (QED) is 0.891. The van der Waals surface area contributed by atoms with E-state index in [-0.39, 0.29) is 6.03 Å². The fourth-order valence-corrected chi connectivity index (χ4v) is 3.80. The lowest BCUT2D eigenvalue weighted by molar-refractivity contribution is 0.244. The zero-order valence-corrected chi connectivity index (χ0v) is 15.3. The molecule has 2 aliphatic heterocycles. The maximum absolute atomic E-state index is 12.6. The van der Waals surface area contributed by atoms with Gasteiger partial charge >= 0.3 is 6.03 Å². The maximum atomic E-state index is 12.6. The summed E-state index contributed by atoms with van der Waals surface area (Å²) in [6, 6.07) is 14.7. The number of fused-ring (bicyclic) bond motifs is 1. The Balaban J connectivity index is 1.75. The second-order valence-electron chi connectivity index (χ2n) is 6.93. The molecule has 2 aromatic rings. The highest BCUT2D eigenvalue weighted by molar-refractivity contribution is 5.96. The summed E-state index contributed by atoms with van der Waals surface area (Å²) in [7, 11) is 0. The van der Waals surface area contributed by atoms with Crippen LogP contribution in [0.1, 0.15) is 23.6 Å². The summed E-state index contributed by atoms with van der Waals surface area (Å²) in [4.78, 5) is 17.0. The van der Waals surface area contributed by atoms with Gasteiger partial charge in [-0.2, -0.15) is 0 Å². The van der Waals surface area contributed by atoms with Crippen LogP contribution in [-0.2, 0) is 19.5 Å². The highest BCUT2D eigenvalue weighted by Crippen LogP contribution is 2.36. The van der Waals surface area contributed by atoms with Crippen molar-refractivity contribution in [1.29, 1.82) is 0 Å². The fraction of sp³-hybridized carbons (Fsp3) is 0.381. The maximum Gasteiger partial charge on any atom is 0.322 e. The van der Waals surface area contributed by atoms with Gasteiger partial charge in [0.25, 0.3) is 0 Å². The van der Waals surface area contributed by atoms with Crippen LogP contribution < -0.4 is 20.4 Å². The molecular formula is C21H26N4O. The van der Waals surface area contributed by atoms with Crippen molar-refractivity contribution in [3.8, 4) is 0 Å². The molecule has 0 radical (unpaired) electrons. The normalized spacial score (nSPS) is 17.0. The van der Waals surface area contributed by atoms with Crippen molar-refractivity contribution < 1.29 is 4.79 Å². The van der Waals surface area contributed by atoms with E-state index in [0.717, 1.165) is 43.9 Å². The molecule has 0 saturated carbocycles. The van der Waals surface area contributed by atoms with Crippen LogP contribution in [0.5, 0.6) is 0 Å². The van der Waals surface area contributed by atoms with E-state index in [0.29, 0.717) is 13.1 Å². The number of benzene rings is 2. The standard InChI is InChI=1S/C21H26N4O/c1-2-16-12-19(24-10-8-22-9-11-24)18-14-23-21(26)25(20(18)13-16)15-17-6-4-3-5-7-17/h3-7,12-13,22H,2,8-11,14-15H2,1H3,(H,23,26). The van der Waals surface area contributed by atoms with Gasteiger partial charge in [0.05, 0.1) is 12.2 Å². The van der Waals surface area contributed by atoms with Crippen molar-refractivity contribution in [3.05, 3.63) is 59.2 Å². The first-order valence-electron chi connectivity index (χ1n) is 9.47. The summed E-state index contributed by atoms with van der Waals surface area (Å²) < 4.78 is 0. The van der Waals surface area contributed by atoms with Crippen LogP contribution in [0.25, 0.3) is 0 Å². The minimum absolute atomic E-state index is 0.0131. The molecule has 1 fully saturated rings. The van der Waals surface area contributed by atoms with Gasteiger partial charge in [-0.25, -0.2) is 4.79 Å². The first kappa shape index (κ1) is 16.9. The molecule has 0 unspecified atom stereocenters. The van der Waals surface area contributed by atoms with E-state index in [1.165, 1.54) is 16.8 Å². The number of hydrogen-bond acceptors (Lipinski definition) is 3. The number of anilines is 2. The SMILES string of the molecule is CCc1cc(N2CCNCC2)c2c(c1)N(Cc1ccccc1)C(=O)NC2. The van der Waals surface area contributed by atoms with Crippen molar-refractivity contribution in [2.45, 2.75) is 26.4 Å². The van der Waals surface area contributed by atoms with E-state index in [4.69, 9.17) is 0 Å². The first-order chi connectivity index (χ1) is 12.8. The van der Waals surface area contributed by atoms with Crippen LogP contribution in [0, 0.1) is 0 Å². The summed E-state index contributed by atoms with van der Waals surface area (Å²) >= 11 is 0. The topological polar surface area (TPSA) is 47.6 Å². The minimum Gasteiger partial charge on any atom is -0.369 e. The number of amides is 2. The van der Waals surface area contributed by atoms with Crippen molar-refractivity contribution >= 4 is 17.4 Å². The molecule has 2 heterocycles. The van der Waals surface area contributed by atoms with Gasteiger partial charge in [0, 0.05) is 44.0 Å². The van der Waals surface area contributed by atoms with Crippen LogP contribution >= 0.6 is 0 Å². The average Bonchev–Trinajstić information content (AvgIpc) is 2.70. The summed E-state index contributed by atoms with van der Waals surface area (Å²) in [6.07, 6.45) is 0.965. The number of nitrogens with zero attached hydrogens (tertiary/aromatic N) is 2. The number of carbonyl (C=O) groups is 1. The second-order valence-corrected chi connectivity index (χ2v) is 6.93. The Hall–Kier alpha value is -2.53. The Morgan fingerprint density at radius 1 is 1.00 bits per heavy atom. The molecule has 0 bridgehead atoms. The number of hydrogen-bond donors (Lipinski definition) is 2. The molecule has 2 N–H and O–H groups in total. The Morgan fingerprint density at radius 3 is 2.46 bits per heavy atom. The summed E-state index contributed by atoms with van der Waals surface area (Å²) in [5.74, 6) is 0. The number of carbonyl (C=O) groups excluding carboxylic acids is 1. The molecule has 1 saturated heterocycles. The van der Waals surface area contributed by atoms with E-state index in [1.54, 1.807) is 0 Å².